The van der Waals surface area contributed by atoms with Gasteiger partial charge in [0.2, 0.25) is 5.91 Å². The third kappa shape index (κ3) is 3.02. The fourth-order valence-corrected chi connectivity index (χ4v) is 2.24. The number of hydrogen-bond acceptors (Lipinski definition) is 3. The Kier molecular flexibility index (Phi) is 3.55. The number of aryl methyl sites for hydroxylation is 1. The van der Waals surface area contributed by atoms with Gasteiger partial charge in [0, 0.05) is 17.5 Å². The summed E-state index contributed by atoms with van der Waals surface area (Å²) >= 11 is 0. The quantitative estimate of drug-likeness (QED) is 0.687. The number of aromatic nitrogens is 2. The summed E-state index contributed by atoms with van der Waals surface area (Å²) in [4.78, 5) is 12.0. The number of nitrogens with zero attached hydrogens (tertiary/aromatic N) is 1. The Morgan fingerprint density at radius 2 is 2.00 bits per heavy atom. The number of nitrogens with one attached hydrogen (secondary N) is 2. The lowest BCUT2D eigenvalue weighted by Crippen LogP contribution is -2.12. The number of rotatable bonds is 4. The summed E-state index contributed by atoms with van der Waals surface area (Å²) < 4.78 is 0. The van der Waals surface area contributed by atoms with E-state index in [0.717, 1.165) is 28.6 Å². The van der Waals surface area contributed by atoms with Gasteiger partial charge in [0.05, 0.1) is 5.52 Å². The molecule has 3 aromatic rings. The van der Waals surface area contributed by atoms with Gasteiger partial charge >= 0.3 is 0 Å². The van der Waals surface area contributed by atoms with Crippen LogP contribution in [0.15, 0.2) is 48.5 Å². The largest absolute Gasteiger partial charge is 0.382 e. The maximum absolute atomic E-state index is 12.0. The van der Waals surface area contributed by atoms with Gasteiger partial charge in [-0.05, 0) is 30.2 Å². The number of aromatic amines is 1. The number of carbonyl (C=O) groups is 1. The molecule has 0 aliphatic heterocycles. The molecule has 4 N–H and O–H groups in total. The Morgan fingerprint density at radius 3 is 2.81 bits per heavy atom. The van der Waals surface area contributed by atoms with Crippen LogP contribution in [0.4, 0.5) is 11.5 Å². The Balaban J connectivity index is 1.63. The summed E-state index contributed by atoms with van der Waals surface area (Å²) in [5.41, 5.74) is 8.42. The molecule has 5 heteroatoms. The maximum Gasteiger partial charge on any atom is 0.224 e. The highest BCUT2D eigenvalue weighted by Gasteiger charge is 2.06. The molecule has 0 radical (unpaired) electrons. The second-order valence-corrected chi connectivity index (χ2v) is 4.90. The first kappa shape index (κ1) is 13.2. The van der Waals surface area contributed by atoms with E-state index in [-0.39, 0.29) is 5.91 Å². The Hall–Kier alpha value is -2.82. The van der Waals surface area contributed by atoms with E-state index >= 15 is 0 Å². The fraction of sp³-hybridized carbons (Fsp3) is 0.125. The molecule has 1 heterocycles. The van der Waals surface area contributed by atoms with Crippen molar-refractivity contribution in [3.63, 3.8) is 0 Å². The minimum atomic E-state index is -0.00862. The van der Waals surface area contributed by atoms with Crippen LogP contribution in [0.2, 0.25) is 0 Å². The lowest BCUT2D eigenvalue weighted by molar-refractivity contribution is -0.116. The normalized spacial score (nSPS) is 10.7. The van der Waals surface area contributed by atoms with Gasteiger partial charge in [0.15, 0.2) is 5.82 Å². The molecule has 0 aliphatic carbocycles. The monoisotopic (exact) mass is 280 g/mol. The molecule has 0 atom stereocenters. The number of nitrogen functional groups attached to an aromatic ring is 1. The summed E-state index contributed by atoms with van der Waals surface area (Å²) in [6.45, 7) is 0. The first-order valence-corrected chi connectivity index (χ1v) is 6.80. The summed E-state index contributed by atoms with van der Waals surface area (Å²) in [5.74, 6) is 0.456. The third-order valence-corrected chi connectivity index (χ3v) is 3.36. The molecule has 0 spiro atoms. The minimum absolute atomic E-state index is 0.00862. The molecule has 3 rings (SSSR count). The topological polar surface area (TPSA) is 83.8 Å². The third-order valence-electron chi connectivity index (χ3n) is 3.36. The predicted octanol–water partition coefficient (Wildman–Crippen LogP) is 2.72. The van der Waals surface area contributed by atoms with Crippen LogP contribution in [0, 0.1) is 0 Å². The van der Waals surface area contributed by atoms with Crippen molar-refractivity contribution in [2.75, 3.05) is 11.1 Å². The summed E-state index contributed by atoms with van der Waals surface area (Å²) in [6, 6.07) is 15.5. The van der Waals surface area contributed by atoms with Crippen molar-refractivity contribution in [2.24, 2.45) is 0 Å². The van der Waals surface area contributed by atoms with Gasteiger partial charge in [-0.2, -0.15) is 5.10 Å². The molecule has 5 nitrogen and oxygen atoms in total. The Labute approximate surface area is 122 Å². The van der Waals surface area contributed by atoms with E-state index in [1.54, 1.807) is 0 Å². The van der Waals surface area contributed by atoms with E-state index < -0.39 is 0 Å². The average Bonchev–Trinajstić information content (AvgIpc) is 2.87. The molecular formula is C16H16N4O. The van der Waals surface area contributed by atoms with Gasteiger partial charge in [-0.1, -0.05) is 30.3 Å². The fourth-order valence-electron chi connectivity index (χ4n) is 2.24. The van der Waals surface area contributed by atoms with Crippen LogP contribution in [0.3, 0.4) is 0 Å². The van der Waals surface area contributed by atoms with Crippen LogP contribution in [-0.4, -0.2) is 16.1 Å². The first-order chi connectivity index (χ1) is 10.2. The van der Waals surface area contributed by atoms with Crippen molar-refractivity contribution in [2.45, 2.75) is 12.8 Å². The van der Waals surface area contributed by atoms with Crippen LogP contribution in [-0.2, 0) is 11.2 Å². The van der Waals surface area contributed by atoms with Crippen molar-refractivity contribution < 1.29 is 4.79 Å². The number of carbonyl (C=O) groups excluding carboxylic acids is 1. The molecular weight excluding hydrogens is 264 g/mol. The summed E-state index contributed by atoms with van der Waals surface area (Å²) in [5, 5.41) is 10.5. The average molecular weight is 280 g/mol. The number of hydrogen-bond donors (Lipinski definition) is 3. The molecule has 0 saturated heterocycles. The van der Waals surface area contributed by atoms with Crippen molar-refractivity contribution in [1.29, 1.82) is 0 Å². The summed E-state index contributed by atoms with van der Waals surface area (Å²) in [7, 11) is 0. The Morgan fingerprint density at radius 1 is 1.19 bits per heavy atom. The number of H-pyrrole nitrogens is 1. The first-order valence-electron chi connectivity index (χ1n) is 6.80. The number of fused-ring (bicyclic) bond motifs is 1. The van der Waals surface area contributed by atoms with Crippen LogP contribution >= 0.6 is 0 Å². The van der Waals surface area contributed by atoms with Crippen molar-refractivity contribution in [3.8, 4) is 0 Å². The van der Waals surface area contributed by atoms with Gasteiger partial charge < -0.3 is 11.1 Å². The van der Waals surface area contributed by atoms with Crippen LogP contribution in [0.5, 0.6) is 0 Å². The predicted molar refractivity (Wildman–Crippen MR) is 83.9 cm³/mol. The van der Waals surface area contributed by atoms with Crippen molar-refractivity contribution >= 4 is 28.3 Å². The van der Waals surface area contributed by atoms with E-state index in [4.69, 9.17) is 5.73 Å². The molecule has 106 valence electrons. The molecule has 1 aromatic heterocycles. The molecule has 21 heavy (non-hydrogen) atoms. The highest BCUT2D eigenvalue weighted by molar-refractivity contribution is 5.96. The van der Waals surface area contributed by atoms with E-state index in [1.165, 1.54) is 0 Å². The zero-order valence-corrected chi connectivity index (χ0v) is 11.5. The van der Waals surface area contributed by atoms with E-state index in [9.17, 15) is 4.79 Å². The SMILES string of the molecule is Nc1n[nH]c2cc(NC(=O)CCc3ccccc3)ccc12. The Bertz CT molecular complexity index is 764. The lowest BCUT2D eigenvalue weighted by atomic mass is 10.1. The summed E-state index contributed by atoms with van der Waals surface area (Å²) in [6.07, 6.45) is 1.18. The smallest absolute Gasteiger partial charge is 0.224 e. The molecule has 0 saturated carbocycles. The number of amides is 1. The van der Waals surface area contributed by atoms with E-state index in [0.29, 0.717) is 12.2 Å². The highest BCUT2D eigenvalue weighted by Crippen LogP contribution is 2.21. The number of benzene rings is 2. The highest BCUT2D eigenvalue weighted by atomic mass is 16.1. The van der Waals surface area contributed by atoms with E-state index in [1.807, 2.05) is 48.5 Å². The number of nitrogens with two attached hydrogens (primary N) is 1. The molecule has 0 fully saturated rings. The lowest BCUT2D eigenvalue weighted by Gasteiger charge is -2.05. The molecule has 1 amide bonds. The van der Waals surface area contributed by atoms with Gasteiger partial charge in [-0.3, -0.25) is 9.89 Å². The van der Waals surface area contributed by atoms with Gasteiger partial charge in [0.25, 0.3) is 0 Å². The maximum atomic E-state index is 12.0. The molecule has 0 bridgehead atoms. The van der Waals surface area contributed by atoms with Gasteiger partial charge in [-0.15, -0.1) is 0 Å². The van der Waals surface area contributed by atoms with Crippen LogP contribution in [0.1, 0.15) is 12.0 Å². The second-order valence-electron chi connectivity index (χ2n) is 4.90. The zero-order valence-electron chi connectivity index (χ0n) is 11.5. The van der Waals surface area contributed by atoms with E-state index in [2.05, 4.69) is 15.5 Å². The van der Waals surface area contributed by atoms with Gasteiger partial charge in [-0.25, -0.2) is 0 Å². The van der Waals surface area contributed by atoms with Crippen molar-refractivity contribution in [1.82, 2.24) is 10.2 Å². The van der Waals surface area contributed by atoms with Crippen molar-refractivity contribution in [3.05, 3.63) is 54.1 Å². The zero-order chi connectivity index (χ0) is 14.7. The molecule has 2 aromatic carbocycles. The minimum Gasteiger partial charge on any atom is -0.382 e. The van der Waals surface area contributed by atoms with Crippen LogP contribution in [0.25, 0.3) is 10.9 Å². The standard InChI is InChI=1S/C16H16N4O/c17-16-13-8-7-12(10-14(13)19-20-16)18-15(21)9-6-11-4-2-1-3-5-11/h1-5,7-8,10H,6,9H2,(H,18,21)(H3,17,19,20). The van der Waals surface area contributed by atoms with Crippen LogP contribution < -0.4 is 11.1 Å². The second kappa shape index (κ2) is 5.66. The molecule has 0 aliphatic rings. The molecule has 0 unspecified atom stereocenters. The number of anilines is 2. The van der Waals surface area contributed by atoms with Gasteiger partial charge in [0.1, 0.15) is 0 Å².